The van der Waals surface area contributed by atoms with Gasteiger partial charge in [-0.05, 0) is 25.7 Å². The van der Waals surface area contributed by atoms with Crippen molar-refractivity contribution >= 4 is 16.1 Å². The maximum atomic E-state index is 12.7. The van der Waals surface area contributed by atoms with Crippen molar-refractivity contribution in [2.75, 3.05) is 13.6 Å². The summed E-state index contributed by atoms with van der Waals surface area (Å²) in [6, 6.07) is -0.621. The lowest BCUT2D eigenvalue weighted by Gasteiger charge is -2.38. The zero-order chi connectivity index (χ0) is 14.8. The second kappa shape index (κ2) is 6.41. The Balaban J connectivity index is 2.16. The third kappa shape index (κ3) is 3.15. The normalized spacial score (nSPS) is 26.8. The van der Waals surface area contributed by atoms with Crippen LogP contribution in [-0.4, -0.2) is 48.6 Å². The highest BCUT2D eigenvalue weighted by Crippen LogP contribution is 2.28. The summed E-state index contributed by atoms with van der Waals surface area (Å²) in [6.45, 7) is 0.396. The largest absolute Gasteiger partial charge is 0.368 e. The fourth-order valence-electron chi connectivity index (χ4n) is 3.26. The van der Waals surface area contributed by atoms with E-state index in [0.717, 1.165) is 38.5 Å². The number of hydrogen-bond acceptors (Lipinski definition) is 3. The van der Waals surface area contributed by atoms with Crippen LogP contribution < -0.4 is 5.73 Å². The topological polar surface area (TPSA) is 83.7 Å². The van der Waals surface area contributed by atoms with Crippen molar-refractivity contribution in [3.63, 3.8) is 0 Å². The van der Waals surface area contributed by atoms with E-state index in [1.807, 2.05) is 0 Å². The lowest BCUT2D eigenvalue weighted by molar-refractivity contribution is -0.122. The van der Waals surface area contributed by atoms with Crippen LogP contribution in [0.1, 0.15) is 51.4 Å². The number of nitrogens with zero attached hydrogens (tertiary/aromatic N) is 2. The van der Waals surface area contributed by atoms with E-state index < -0.39 is 22.2 Å². The number of nitrogens with two attached hydrogens (primary N) is 1. The minimum Gasteiger partial charge on any atom is -0.368 e. The molecular formula is C13H25N3O3S. The monoisotopic (exact) mass is 303 g/mol. The molecule has 0 aromatic heterocycles. The Kier molecular flexibility index (Phi) is 5.04. The van der Waals surface area contributed by atoms with Gasteiger partial charge in [0.25, 0.3) is 10.2 Å². The van der Waals surface area contributed by atoms with Gasteiger partial charge < -0.3 is 5.73 Å². The maximum Gasteiger partial charge on any atom is 0.282 e. The molecule has 1 heterocycles. The van der Waals surface area contributed by atoms with Crippen molar-refractivity contribution in [2.24, 2.45) is 5.73 Å². The van der Waals surface area contributed by atoms with Crippen LogP contribution in [0.3, 0.4) is 0 Å². The first-order valence-corrected chi connectivity index (χ1v) is 8.88. The highest BCUT2D eigenvalue weighted by molar-refractivity contribution is 7.86. The number of carbonyl (C=O) groups is 1. The zero-order valence-corrected chi connectivity index (χ0v) is 12.9. The van der Waals surface area contributed by atoms with Gasteiger partial charge in [-0.15, -0.1) is 0 Å². The molecule has 1 aliphatic carbocycles. The van der Waals surface area contributed by atoms with E-state index >= 15 is 0 Å². The Bertz CT molecular complexity index is 446. The average molecular weight is 303 g/mol. The molecule has 1 saturated carbocycles. The first-order chi connectivity index (χ1) is 9.44. The summed E-state index contributed by atoms with van der Waals surface area (Å²) in [4.78, 5) is 11.5. The third-order valence-corrected chi connectivity index (χ3v) is 6.59. The lowest BCUT2D eigenvalue weighted by Crippen LogP contribution is -2.56. The minimum atomic E-state index is -3.59. The molecule has 7 heteroatoms. The second-order valence-corrected chi connectivity index (χ2v) is 7.78. The van der Waals surface area contributed by atoms with Crippen LogP contribution in [0.5, 0.6) is 0 Å². The van der Waals surface area contributed by atoms with E-state index in [1.54, 1.807) is 7.05 Å². The zero-order valence-electron chi connectivity index (χ0n) is 12.1. The molecule has 0 aromatic carbocycles. The van der Waals surface area contributed by atoms with Crippen molar-refractivity contribution in [3.8, 4) is 0 Å². The highest BCUT2D eigenvalue weighted by atomic mass is 32.2. The Morgan fingerprint density at radius 1 is 1.10 bits per heavy atom. The van der Waals surface area contributed by atoms with Crippen molar-refractivity contribution in [1.29, 1.82) is 0 Å². The SMILES string of the molecule is CN(C1CCCCC1)S(=O)(=O)N1CCCC[C@@H]1C(N)=O. The molecule has 0 aromatic rings. The molecule has 2 rings (SSSR count). The summed E-state index contributed by atoms with van der Waals surface area (Å²) in [5.74, 6) is -0.537. The van der Waals surface area contributed by atoms with Gasteiger partial charge in [-0.2, -0.15) is 17.0 Å². The Morgan fingerprint density at radius 2 is 1.70 bits per heavy atom. The molecule has 0 bridgehead atoms. The molecule has 2 aliphatic rings. The van der Waals surface area contributed by atoms with Crippen LogP contribution in [0.2, 0.25) is 0 Å². The summed E-state index contributed by atoms with van der Waals surface area (Å²) in [6.07, 6.45) is 7.32. The molecule has 2 fully saturated rings. The fourth-order valence-corrected chi connectivity index (χ4v) is 5.07. The van der Waals surface area contributed by atoms with Crippen molar-refractivity contribution < 1.29 is 13.2 Å². The first-order valence-electron chi connectivity index (χ1n) is 7.48. The molecule has 0 radical (unpaired) electrons. The lowest BCUT2D eigenvalue weighted by atomic mass is 9.96. The Morgan fingerprint density at radius 3 is 2.30 bits per heavy atom. The average Bonchev–Trinajstić information content (AvgIpc) is 2.47. The molecule has 1 saturated heterocycles. The van der Waals surface area contributed by atoms with Crippen LogP contribution in [0, 0.1) is 0 Å². The van der Waals surface area contributed by atoms with Crippen LogP contribution in [0.15, 0.2) is 0 Å². The number of hydrogen-bond donors (Lipinski definition) is 1. The van der Waals surface area contributed by atoms with Gasteiger partial charge in [0.05, 0.1) is 0 Å². The quantitative estimate of drug-likeness (QED) is 0.835. The molecule has 1 aliphatic heterocycles. The maximum absolute atomic E-state index is 12.7. The standard InChI is InChI=1S/C13H25N3O3S/c1-15(11-7-3-2-4-8-11)20(18,19)16-10-6-5-9-12(16)13(14)17/h11-12H,2-10H2,1H3,(H2,14,17)/t12-/m1/s1. The number of primary amides is 1. The predicted molar refractivity (Wildman–Crippen MR) is 77.1 cm³/mol. The molecule has 0 unspecified atom stereocenters. The molecule has 1 atom stereocenters. The number of amides is 1. The van der Waals surface area contributed by atoms with Gasteiger partial charge in [0.15, 0.2) is 0 Å². The fraction of sp³-hybridized carbons (Fsp3) is 0.923. The first kappa shape index (κ1) is 15.7. The predicted octanol–water partition coefficient (Wildman–Crippen LogP) is 0.836. The molecule has 1 amide bonds. The summed E-state index contributed by atoms with van der Waals surface area (Å²) in [5, 5.41) is 0. The van der Waals surface area contributed by atoms with Gasteiger partial charge in [0.1, 0.15) is 6.04 Å². The van der Waals surface area contributed by atoms with Gasteiger partial charge in [-0.25, -0.2) is 0 Å². The number of piperidine rings is 1. The molecular weight excluding hydrogens is 278 g/mol. The molecule has 2 N–H and O–H groups in total. The van der Waals surface area contributed by atoms with Crippen molar-refractivity contribution in [1.82, 2.24) is 8.61 Å². The van der Waals surface area contributed by atoms with E-state index in [9.17, 15) is 13.2 Å². The van der Waals surface area contributed by atoms with Gasteiger partial charge in [0.2, 0.25) is 5.91 Å². The highest BCUT2D eigenvalue weighted by Gasteiger charge is 2.40. The van der Waals surface area contributed by atoms with Gasteiger partial charge in [0, 0.05) is 19.6 Å². The van der Waals surface area contributed by atoms with Crippen LogP contribution in [-0.2, 0) is 15.0 Å². The van der Waals surface area contributed by atoms with E-state index in [2.05, 4.69) is 0 Å². The van der Waals surface area contributed by atoms with Crippen LogP contribution in [0.25, 0.3) is 0 Å². The summed E-state index contributed by atoms with van der Waals surface area (Å²) in [7, 11) is -1.95. The Labute approximate surface area is 121 Å². The molecule has 20 heavy (non-hydrogen) atoms. The van der Waals surface area contributed by atoms with Gasteiger partial charge >= 0.3 is 0 Å². The molecule has 0 spiro atoms. The minimum absolute atomic E-state index is 0.0594. The number of carbonyl (C=O) groups excluding carboxylic acids is 1. The van der Waals surface area contributed by atoms with Gasteiger partial charge in [-0.3, -0.25) is 4.79 Å². The summed E-state index contributed by atoms with van der Waals surface area (Å²) < 4.78 is 28.3. The number of rotatable bonds is 4. The van der Waals surface area contributed by atoms with E-state index in [0.29, 0.717) is 13.0 Å². The van der Waals surface area contributed by atoms with Crippen LogP contribution >= 0.6 is 0 Å². The summed E-state index contributed by atoms with van der Waals surface area (Å²) in [5.41, 5.74) is 5.37. The Hall–Kier alpha value is -0.660. The molecule has 116 valence electrons. The van der Waals surface area contributed by atoms with E-state index in [-0.39, 0.29) is 6.04 Å². The van der Waals surface area contributed by atoms with Crippen LogP contribution in [0.4, 0.5) is 0 Å². The second-order valence-electron chi connectivity index (χ2n) is 5.84. The van der Waals surface area contributed by atoms with E-state index in [1.165, 1.54) is 15.0 Å². The van der Waals surface area contributed by atoms with Crippen molar-refractivity contribution in [3.05, 3.63) is 0 Å². The van der Waals surface area contributed by atoms with Gasteiger partial charge in [-0.1, -0.05) is 25.7 Å². The van der Waals surface area contributed by atoms with Crippen molar-refractivity contribution in [2.45, 2.75) is 63.5 Å². The molecule has 6 nitrogen and oxygen atoms in total. The smallest absolute Gasteiger partial charge is 0.282 e. The summed E-state index contributed by atoms with van der Waals surface area (Å²) >= 11 is 0. The van der Waals surface area contributed by atoms with E-state index in [4.69, 9.17) is 5.73 Å². The third-order valence-electron chi connectivity index (χ3n) is 4.53.